The first-order valence-electron chi connectivity index (χ1n) is 16.2. The molecule has 0 aromatic carbocycles. The fraction of sp³-hybridized carbons (Fsp3) is 0.875. The van der Waals surface area contributed by atoms with Crippen LogP contribution in [-0.4, -0.2) is 131 Å². The van der Waals surface area contributed by atoms with E-state index in [0.717, 1.165) is 12.8 Å². The molecule has 0 spiro atoms. The minimum atomic E-state index is -0.414. The third-order valence-electron chi connectivity index (χ3n) is 5.89. The number of esters is 2. The molecule has 12 nitrogen and oxygen atoms in total. The molecular weight excluding hydrogens is 576 g/mol. The average molecular weight is 637 g/mol. The van der Waals surface area contributed by atoms with Gasteiger partial charge in [0, 0.05) is 12.0 Å². The standard InChI is InChI=1S/C32H60O12/c1-4-5-6-7-8-9-10-11-31(33)43-28-26-41-24-22-39-20-18-37-16-14-35-12-13-36-15-17-38-19-21-40-23-25-42-27-29-44-32(34)30(2)3/h2,4-29H2,1,3H3. The maximum Gasteiger partial charge on any atom is 0.333 e. The molecule has 0 saturated heterocycles. The Bertz CT molecular complexity index is 647. The van der Waals surface area contributed by atoms with Crippen LogP contribution in [0.1, 0.15) is 65.2 Å². The summed E-state index contributed by atoms with van der Waals surface area (Å²) in [6.07, 6.45) is 8.78. The van der Waals surface area contributed by atoms with E-state index in [-0.39, 0.29) is 19.2 Å². The van der Waals surface area contributed by atoms with Crippen molar-refractivity contribution in [1.29, 1.82) is 0 Å². The molecule has 0 saturated carbocycles. The largest absolute Gasteiger partial charge is 0.463 e. The maximum atomic E-state index is 11.7. The third kappa shape index (κ3) is 34.8. The zero-order valence-corrected chi connectivity index (χ0v) is 27.5. The lowest BCUT2D eigenvalue weighted by Crippen LogP contribution is -2.15. The van der Waals surface area contributed by atoms with E-state index < -0.39 is 5.97 Å². The number of hydrogen-bond donors (Lipinski definition) is 0. The van der Waals surface area contributed by atoms with E-state index in [1.807, 2.05) is 0 Å². The van der Waals surface area contributed by atoms with Crippen molar-refractivity contribution in [2.45, 2.75) is 65.2 Å². The predicted molar refractivity (Wildman–Crippen MR) is 166 cm³/mol. The topological polar surface area (TPSA) is 126 Å². The molecule has 0 aliphatic carbocycles. The zero-order valence-electron chi connectivity index (χ0n) is 27.5. The molecule has 0 radical (unpaired) electrons. The van der Waals surface area contributed by atoms with Gasteiger partial charge in [-0.25, -0.2) is 4.79 Å². The number of carbonyl (C=O) groups excluding carboxylic acids is 2. The van der Waals surface area contributed by atoms with Gasteiger partial charge in [0.25, 0.3) is 0 Å². The monoisotopic (exact) mass is 636 g/mol. The van der Waals surface area contributed by atoms with Gasteiger partial charge in [0.15, 0.2) is 0 Å². The van der Waals surface area contributed by atoms with Crippen LogP contribution in [0.25, 0.3) is 0 Å². The van der Waals surface area contributed by atoms with Crippen molar-refractivity contribution >= 4 is 11.9 Å². The van der Waals surface area contributed by atoms with Crippen molar-refractivity contribution in [3.05, 3.63) is 12.2 Å². The predicted octanol–water partition coefficient (Wildman–Crippen LogP) is 3.92. The Balaban J connectivity index is 3.13. The molecule has 12 heteroatoms. The molecule has 0 aromatic heterocycles. The second-order valence-electron chi connectivity index (χ2n) is 9.91. The van der Waals surface area contributed by atoms with E-state index >= 15 is 0 Å². The van der Waals surface area contributed by atoms with Gasteiger partial charge in [-0.15, -0.1) is 0 Å². The highest BCUT2D eigenvalue weighted by atomic mass is 16.6. The quantitative estimate of drug-likeness (QED) is 0.0562. The number of rotatable bonds is 36. The SMILES string of the molecule is C=C(C)C(=O)OCCOCCOCCOCCOCCOCCOCCOCCOCCOC(=O)CCCCCCCCC. The molecule has 0 atom stereocenters. The van der Waals surface area contributed by atoms with E-state index in [1.165, 1.54) is 32.1 Å². The summed E-state index contributed by atoms with van der Waals surface area (Å²) >= 11 is 0. The molecule has 0 unspecified atom stereocenters. The summed E-state index contributed by atoms with van der Waals surface area (Å²) in [6, 6.07) is 0. The van der Waals surface area contributed by atoms with Gasteiger partial charge in [0.05, 0.1) is 106 Å². The summed E-state index contributed by atoms with van der Waals surface area (Å²) in [5.41, 5.74) is 0.369. The Hall–Kier alpha value is -1.64. The molecular formula is C32H60O12. The second-order valence-corrected chi connectivity index (χ2v) is 9.91. The van der Waals surface area contributed by atoms with Gasteiger partial charge >= 0.3 is 11.9 Å². The van der Waals surface area contributed by atoms with Gasteiger partial charge in [0.1, 0.15) is 13.2 Å². The first kappa shape index (κ1) is 42.4. The van der Waals surface area contributed by atoms with Gasteiger partial charge in [0.2, 0.25) is 0 Å². The maximum absolute atomic E-state index is 11.7. The smallest absolute Gasteiger partial charge is 0.333 e. The molecule has 0 aliphatic heterocycles. The molecule has 0 rings (SSSR count). The molecule has 44 heavy (non-hydrogen) atoms. The molecule has 0 bridgehead atoms. The summed E-state index contributed by atoms with van der Waals surface area (Å²) in [4.78, 5) is 22.9. The molecule has 0 aromatic rings. The lowest BCUT2D eigenvalue weighted by molar-refractivity contribution is -0.145. The van der Waals surface area contributed by atoms with Crippen LogP contribution in [0.15, 0.2) is 12.2 Å². The Morgan fingerprint density at radius 2 is 0.727 bits per heavy atom. The number of hydrogen-bond acceptors (Lipinski definition) is 12. The van der Waals surface area contributed by atoms with E-state index in [1.54, 1.807) is 6.92 Å². The molecule has 0 heterocycles. The Morgan fingerprint density at radius 1 is 0.432 bits per heavy atom. The highest BCUT2D eigenvalue weighted by Gasteiger charge is 2.03. The number of carbonyl (C=O) groups is 2. The van der Waals surface area contributed by atoms with Crippen LogP contribution < -0.4 is 0 Å². The van der Waals surface area contributed by atoms with Gasteiger partial charge in [-0.2, -0.15) is 0 Å². The van der Waals surface area contributed by atoms with Crippen molar-refractivity contribution in [1.82, 2.24) is 0 Å². The Labute approximate surface area is 265 Å². The molecule has 260 valence electrons. The summed E-state index contributed by atoms with van der Waals surface area (Å²) < 4.78 is 53.5. The van der Waals surface area contributed by atoms with E-state index in [4.69, 9.17) is 47.4 Å². The fourth-order valence-electron chi connectivity index (χ4n) is 3.47. The fourth-order valence-corrected chi connectivity index (χ4v) is 3.47. The first-order chi connectivity index (χ1) is 21.6. The average Bonchev–Trinajstić information content (AvgIpc) is 3.01. The van der Waals surface area contributed by atoms with Crippen LogP contribution in [0.5, 0.6) is 0 Å². The summed E-state index contributed by atoms with van der Waals surface area (Å²) in [5, 5.41) is 0. The normalized spacial score (nSPS) is 11.1. The van der Waals surface area contributed by atoms with Crippen molar-refractivity contribution in [2.75, 3.05) is 119 Å². The number of unbranched alkanes of at least 4 members (excludes halogenated alkanes) is 6. The van der Waals surface area contributed by atoms with Crippen LogP contribution in [0.2, 0.25) is 0 Å². The van der Waals surface area contributed by atoms with Crippen LogP contribution in [0.4, 0.5) is 0 Å². The lowest BCUT2D eigenvalue weighted by atomic mass is 10.1. The van der Waals surface area contributed by atoms with Crippen LogP contribution >= 0.6 is 0 Å². The van der Waals surface area contributed by atoms with Crippen LogP contribution in [0.3, 0.4) is 0 Å². The second kappa shape index (κ2) is 35.8. The van der Waals surface area contributed by atoms with E-state index in [0.29, 0.717) is 118 Å². The minimum Gasteiger partial charge on any atom is -0.463 e. The van der Waals surface area contributed by atoms with Crippen molar-refractivity contribution in [3.8, 4) is 0 Å². The Morgan fingerprint density at radius 3 is 1.07 bits per heavy atom. The van der Waals surface area contributed by atoms with E-state index in [2.05, 4.69) is 13.5 Å². The highest BCUT2D eigenvalue weighted by molar-refractivity contribution is 5.86. The summed E-state index contributed by atoms with van der Waals surface area (Å²) in [6.45, 7) is 15.1. The van der Waals surface area contributed by atoms with Gasteiger partial charge in [-0.05, 0) is 13.3 Å². The van der Waals surface area contributed by atoms with Crippen molar-refractivity contribution in [2.24, 2.45) is 0 Å². The summed E-state index contributed by atoms with van der Waals surface area (Å²) in [7, 11) is 0. The summed E-state index contributed by atoms with van der Waals surface area (Å²) in [5.74, 6) is -0.558. The van der Waals surface area contributed by atoms with Crippen molar-refractivity contribution < 1.29 is 57.0 Å². The minimum absolute atomic E-state index is 0.144. The molecule has 0 fully saturated rings. The first-order valence-corrected chi connectivity index (χ1v) is 16.2. The van der Waals surface area contributed by atoms with Crippen LogP contribution in [0, 0.1) is 0 Å². The van der Waals surface area contributed by atoms with Gasteiger partial charge in [-0.1, -0.05) is 52.0 Å². The van der Waals surface area contributed by atoms with Gasteiger partial charge < -0.3 is 47.4 Å². The zero-order chi connectivity index (χ0) is 32.2. The molecule has 0 N–H and O–H groups in total. The lowest BCUT2D eigenvalue weighted by Gasteiger charge is -2.09. The third-order valence-corrected chi connectivity index (χ3v) is 5.89. The number of ether oxygens (including phenoxy) is 10. The van der Waals surface area contributed by atoms with Crippen LogP contribution in [-0.2, 0) is 57.0 Å². The molecule has 0 aliphatic rings. The Kier molecular flexibility index (Phi) is 34.5. The highest BCUT2D eigenvalue weighted by Crippen LogP contribution is 2.08. The van der Waals surface area contributed by atoms with Crippen molar-refractivity contribution in [3.63, 3.8) is 0 Å². The van der Waals surface area contributed by atoms with E-state index in [9.17, 15) is 9.59 Å². The molecule has 0 amide bonds. The van der Waals surface area contributed by atoms with Gasteiger partial charge in [-0.3, -0.25) is 4.79 Å².